The van der Waals surface area contributed by atoms with E-state index in [1.807, 2.05) is 12.1 Å². The standard InChI is InChI=1S/C27H30Cl2N6O3/c1-34-11-13-35(14-12-34)19-9-7-18(8-10-19)31-27-30-16-21(26(33-27)38-17-20-4-3-15-37-20)25(36)32-24-22(28)5-2-6-23(24)29/h2,5-10,16,20H,3-4,11-15,17H2,1H3,(H,32,36)(H,30,31,33). The minimum atomic E-state index is -0.481. The van der Waals surface area contributed by atoms with E-state index in [9.17, 15) is 4.79 Å². The lowest BCUT2D eigenvalue weighted by atomic mass is 10.2. The molecule has 38 heavy (non-hydrogen) atoms. The Morgan fingerprint density at radius 2 is 1.84 bits per heavy atom. The van der Waals surface area contributed by atoms with Gasteiger partial charge in [0.05, 0.1) is 21.8 Å². The molecule has 0 spiro atoms. The Morgan fingerprint density at radius 1 is 1.11 bits per heavy atom. The number of ether oxygens (including phenoxy) is 2. The summed E-state index contributed by atoms with van der Waals surface area (Å²) in [6.07, 6.45) is 3.26. The highest BCUT2D eigenvalue weighted by Gasteiger charge is 2.22. The number of carbonyl (C=O) groups is 1. The third-order valence-corrected chi connectivity index (χ3v) is 7.25. The summed E-state index contributed by atoms with van der Waals surface area (Å²) in [5, 5.41) is 6.61. The van der Waals surface area contributed by atoms with E-state index in [1.165, 1.54) is 11.9 Å². The summed E-state index contributed by atoms with van der Waals surface area (Å²) in [5.74, 6) is -0.0230. The lowest BCUT2D eigenvalue weighted by Gasteiger charge is -2.34. The van der Waals surface area contributed by atoms with Crippen molar-refractivity contribution in [1.29, 1.82) is 0 Å². The van der Waals surface area contributed by atoms with Gasteiger partial charge in [0, 0.05) is 50.4 Å². The Morgan fingerprint density at radius 3 is 2.53 bits per heavy atom. The van der Waals surface area contributed by atoms with Crippen molar-refractivity contribution >= 4 is 52.1 Å². The van der Waals surface area contributed by atoms with E-state index in [2.05, 4.69) is 49.6 Å². The van der Waals surface area contributed by atoms with Gasteiger partial charge in [-0.1, -0.05) is 29.3 Å². The Bertz CT molecular complexity index is 1240. The number of piperazine rings is 1. The minimum absolute atomic E-state index is 0.0441. The Hall–Kier alpha value is -3.11. The van der Waals surface area contributed by atoms with Crippen LogP contribution in [0.1, 0.15) is 23.2 Å². The fourth-order valence-corrected chi connectivity index (χ4v) is 4.88. The maximum Gasteiger partial charge on any atom is 0.262 e. The van der Waals surface area contributed by atoms with Crippen molar-refractivity contribution in [3.05, 3.63) is 64.3 Å². The zero-order valence-electron chi connectivity index (χ0n) is 21.1. The molecule has 0 aliphatic carbocycles. The van der Waals surface area contributed by atoms with Crippen LogP contribution in [0, 0.1) is 0 Å². The second kappa shape index (κ2) is 12.2. The molecule has 9 nitrogen and oxygen atoms in total. The van der Waals surface area contributed by atoms with Gasteiger partial charge in [0.1, 0.15) is 12.2 Å². The van der Waals surface area contributed by atoms with E-state index < -0.39 is 5.91 Å². The van der Waals surface area contributed by atoms with Crippen LogP contribution in [0.2, 0.25) is 10.0 Å². The van der Waals surface area contributed by atoms with Gasteiger partial charge in [0.25, 0.3) is 5.91 Å². The van der Waals surface area contributed by atoms with Crippen molar-refractivity contribution in [2.45, 2.75) is 18.9 Å². The van der Waals surface area contributed by atoms with Crippen LogP contribution in [0.15, 0.2) is 48.7 Å². The number of likely N-dealkylation sites (N-methyl/N-ethyl adjacent to an activating group) is 1. The maximum atomic E-state index is 13.2. The van der Waals surface area contributed by atoms with Crippen LogP contribution in [0.3, 0.4) is 0 Å². The monoisotopic (exact) mass is 556 g/mol. The first-order valence-electron chi connectivity index (χ1n) is 12.6. The van der Waals surface area contributed by atoms with Gasteiger partial charge in [-0.2, -0.15) is 4.98 Å². The summed E-state index contributed by atoms with van der Waals surface area (Å²) in [5.41, 5.74) is 2.48. The molecule has 2 aliphatic heterocycles. The van der Waals surface area contributed by atoms with Crippen LogP contribution < -0.4 is 20.3 Å². The summed E-state index contributed by atoms with van der Waals surface area (Å²) >= 11 is 12.5. The number of benzene rings is 2. The number of amides is 1. The summed E-state index contributed by atoms with van der Waals surface area (Å²) in [4.78, 5) is 26.7. The SMILES string of the molecule is CN1CCN(c2ccc(Nc3ncc(C(=O)Nc4c(Cl)cccc4Cl)c(OCC4CCCO4)n3)cc2)CC1. The van der Waals surface area contributed by atoms with Gasteiger partial charge in [-0.15, -0.1) is 0 Å². The van der Waals surface area contributed by atoms with Crippen LogP contribution in [0.25, 0.3) is 0 Å². The molecule has 3 heterocycles. The van der Waals surface area contributed by atoms with Crippen LogP contribution in [0.4, 0.5) is 23.0 Å². The number of carbonyl (C=O) groups excluding carboxylic acids is 1. The lowest BCUT2D eigenvalue weighted by molar-refractivity contribution is 0.0656. The number of para-hydroxylation sites is 1. The molecular weight excluding hydrogens is 527 g/mol. The van der Waals surface area contributed by atoms with Crippen LogP contribution in [-0.4, -0.2) is 73.3 Å². The predicted molar refractivity (Wildman–Crippen MR) is 150 cm³/mol. The largest absolute Gasteiger partial charge is 0.474 e. The molecule has 1 atom stereocenters. The van der Waals surface area contributed by atoms with Gasteiger partial charge >= 0.3 is 0 Å². The molecule has 200 valence electrons. The Kier molecular flexibility index (Phi) is 8.48. The van der Waals surface area contributed by atoms with Gasteiger partial charge in [0.15, 0.2) is 0 Å². The second-order valence-electron chi connectivity index (χ2n) is 9.37. The third kappa shape index (κ3) is 6.47. The van der Waals surface area contributed by atoms with Crippen molar-refractivity contribution in [2.75, 3.05) is 62.0 Å². The van der Waals surface area contributed by atoms with Gasteiger partial charge < -0.3 is 29.9 Å². The van der Waals surface area contributed by atoms with E-state index in [4.69, 9.17) is 32.7 Å². The molecule has 0 saturated carbocycles. The molecule has 11 heteroatoms. The molecule has 0 radical (unpaired) electrons. The fraction of sp³-hybridized carbons (Fsp3) is 0.370. The quantitative estimate of drug-likeness (QED) is 0.396. The van der Waals surface area contributed by atoms with Gasteiger partial charge in [-0.05, 0) is 56.3 Å². The Balaban J connectivity index is 1.33. The first-order chi connectivity index (χ1) is 18.5. The highest BCUT2D eigenvalue weighted by Crippen LogP contribution is 2.31. The smallest absolute Gasteiger partial charge is 0.262 e. The number of halogens is 2. The van der Waals surface area contributed by atoms with Crippen LogP contribution in [0.5, 0.6) is 5.88 Å². The highest BCUT2D eigenvalue weighted by atomic mass is 35.5. The van der Waals surface area contributed by atoms with Gasteiger partial charge in [0.2, 0.25) is 11.8 Å². The van der Waals surface area contributed by atoms with Crippen molar-refractivity contribution in [2.24, 2.45) is 0 Å². The molecule has 5 rings (SSSR count). The summed E-state index contributed by atoms with van der Waals surface area (Å²) in [7, 11) is 2.14. The summed E-state index contributed by atoms with van der Waals surface area (Å²) < 4.78 is 11.6. The zero-order chi connectivity index (χ0) is 26.5. The molecular formula is C27H30Cl2N6O3. The topological polar surface area (TPSA) is 91.9 Å². The molecule has 2 aliphatic rings. The lowest BCUT2D eigenvalue weighted by Crippen LogP contribution is -2.44. The highest BCUT2D eigenvalue weighted by molar-refractivity contribution is 6.40. The van der Waals surface area contributed by atoms with E-state index in [-0.39, 0.29) is 24.2 Å². The Labute approximate surface area is 232 Å². The fourth-order valence-electron chi connectivity index (χ4n) is 4.39. The number of aromatic nitrogens is 2. The number of hydrogen-bond acceptors (Lipinski definition) is 8. The minimum Gasteiger partial charge on any atom is -0.474 e. The molecule has 2 N–H and O–H groups in total. The van der Waals surface area contributed by atoms with Gasteiger partial charge in [-0.25, -0.2) is 4.98 Å². The molecule has 3 aromatic rings. The van der Waals surface area contributed by atoms with E-state index in [0.29, 0.717) is 28.3 Å². The average Bonchev–Trinajstić information content (AvgIpc) is 3.44. The normalized spacial score (nSPS) is 17.9. The van der Waals surface area contributed by atoms with Gasteiger partial charge in [-0.3, -0.25) is 4.79 Å². The maximum absolute atomic E-state index is 13.2. The van der Waals surface area contributed by atoms with Crippen LogP contribution in [-0.2, 0) is 4.74 Å². The van der Waals surface area contributed by atoms with E-state index in [1.54, 1.807) is 18.2 Å². The van der Waals surface area contributed by atoms with Crippen LogP contribution >= 0.6 is 23.2 Å². The number of nitrogens with zero attached hydrogens (tertiary/aromatic N) is 4. The molecule has 2 fully saturated rings. The number of hydrogen-bond donors (Lipinski definition) is 2. The first kappa shape index (κ1) is 26.5. The molecule has 1 unspecified atom stereocenters. The summed E-state index contributed by atoms with van der Waals surface area (Å²) in [6, 6.07) is 13.1. The number of nitrogens with one attached hydrogen (secondary N) is 2. The molecule has 1 aromatic heterocycles. The van der Waals surface area contributed by atoms with E-state index >= 15 is 0 Å². The predicted octanol–water partition coefficient (Wildman–Crippen LogP) is 5.09. The van der Waals surface area contributed by atoms with Crippen molar-refractivity contribution < 1.29 is 14.3 Å². The molecule has 2 saturated heterocycles. The molecule has 2 aromatic carbocycles. The second-order valence-corrected chi connectivity index (χ2v) is 10.2. The van der Waals surface area contributed by atoms with Crippen molar-refractivity contribution in [1.82, 2.24) is 14.9 Å². The van der Waals surface area contributed by atoms with Crippen molar-refractivity contribution in [3.63, 3.8) is 0 Å². The molecule has 0 bridgehead atoms. The first-order valence-corrected chi connectivity index (χ1v) is 13.4. The summed E-state index contributed by atoms with van der Waals surface area (Å²) in [6.45, 7) is 5.08. The zero-order valence-corrected chi connectivity index (χ0v) is 22.6. The van der Waals surface area contributed by atoms with Crippen molar-refractivity contribution in [3.8, 4) is 5.88 Å². The number of anilines is 4. The average molecular weight is 557 g/mol. The third-order valence-electron chi connectivity index (χ3n) is 6.62. The van der Waals surface area contributed by atoms with E-state index in [0.717, 1.165) is 44.7 Å². The molecule has 1 amide bonds. The number of rotatable bonds is 8.